The number of amides is 2. The molecule has 2 amide bonds. The topological polar surface area (TPSA) is 102 Å². The quantitative estimate of drug-likeness (QED) is 0.483. The molecule has 0 saturated heterocycles. The molecule has 0 radical (unpaired) electrons. The van der Waals surface area contributed by atoms with Crippen molar-refractivity contribution in [3.63, 3.8) is 0 Å². The van der Waals surface area contributed by atoms with Crippen molar-refractivity contribution in [3.8, 4) is 0 Å². The van der Waals surface area contributed by atoms with Gasteiger partial charge in [0.25, 0.3) is 5.69 Å². The average molecular weight is 381 g/mol. The summed E-state index contributed by atoms with van der Waals surface area (Å²) in [6, 6.07) is 13.4. The highest BCUT2D eigenvalue weighted by molar-refractivity contribution is 6.03. The third-order valence-corrected chi connectivity index (χ3v) is 4.44. The van der Waals surface area contributed by atoms with Gasteiger partial charge < -0.3 is 10.1 Å². The number of nitrogens with one attached hydrogen (secondary N) is 1. The summed E-state index contributed by atoms with van der Waals surface area (Å²) in [4.78, 5) is 37.9. The summed E-state index contributed by atoms with van der Waals surface area (Å²) in [5.74, 6) is -0.635. The fraction of sp³-hybridized carbons (Fsp3) is 0.200. The van der Waals surface area contributed by atoms with Crippen molar-refractivity contribution in [2.45, 2.75) is 19.9 Å². The number of nitrogens with zero attached hydrogens (tertiary/aromatic N) is 2. The summed E-state index contributed by atoms with van der Waals surface area (Å²) in [5, 5.41) is 14.2. The Morgan fingerprint density at radius 1 is 1.18 bits per heavy atom. The van der Waals surface area contributed by atoms with Gasteiger partial charge in [-0.15, -0.1) is 0 Å². The second-order valence-corrected chi connectivity index (χ2v) is 6.09. The number of nitro benzene ring substituents is 1. The Bertz CT molecular complexity index is 955. The zero-order valence-corrected chi connectivity index (χ0v) is 15.4. The van der Waals surface area contributed by atoms with Crippen LogP contribution in [0.4, 0.5) is 16.2 Å². The van der Waals surface area contributed by atoms with E-state index < -0.39 is 23.0 Å². The van der Waals surface area contributed by atoms with Crippen molar-refractivity contribution in [2.75, 3.05) is 11.5 Å². The van der Waals surface area contributed by atoms with Gasteiger partial charge in [0.15, 0.2) is 0 Å². The highest BCUT2D eigenvalue weighted by Crippen LogP contribution is 2.37. The van der Waals surface area contributed by atoms with E-state index in [1.165, 1.54) is 23.1 Å². The Morgan fingerprint density at radius 2 is 1.82 bits per heavy atom. The van der Waals surface area contributed by atoms with Crippen LogP contribution in [0.1, 0.15) is 25.5 Å². The minimum Gasteiger partial charge on any atom is -0.463 e. The molecule has 28 heavy (non-hydrogen) atoms. The van der Waals surface area contributed by atoms with Crippen molar-refractivity contribution in [1.29, 1.82) is 0 Å². The maximum absolute atomic E-state index is 12.9. The smallest absolute Gasteiger partial charge is 0.338 e. The first-order valence-corrected chi connectivity index (χ1v) is 8.72. The summed E-state index contributed by atoms with van der Waals surface area (Å²) in [7, 11) is 0. The van der Waals surface area contributed by atoms with Gasteiger partial charge in [0.2, 0.25) is 0 Å². The minimum absolute atomic E-state index is 0.137. The van der Waals surface area contributed by atoms with E-state index in [2.05, 4.69) is 5.32 Å². The number of anilines is 1. The van der Waals surface area contributed by atoms with Crippen LogP contribution >= 0.6 is 0 Å². The molecule has 0 fully saturated rings. The van der Waals surface area contributed by atoms with Gasteiger partial charge in [-0.25, -0.2) is 9.59 Å². The monoisotopic (exact) mass is 381 g/mol. The zero-order valence-electron chi connectivity index (χ0n) is 15.4. The lowest BCUT2D eigenvalue weighted by molar-refractivity contribution is -0.385. The largest absolute Gasteiger partial charge is 0.463 e. The van der Waals surface area contributed by atoms with Gasteiger partial charge in [-0.2, -0.15) is 0 Å². The summed E-state index contributed by atoms with van der Waals surface area (Å²) >= 11 is 0. The van der Waals surface area contributed by atoms with E-state index >= 15 is 0 Å². The van der Waals surface area contributed by atoms with Crippen LogP contribution in [0.3, 0.4) is 0 Å². The van der Waals surface area contributed by atoms with E-state index in [0.717, 1.165) is 0 Å². The lowest BCUT2D eigenvalue weighted by atomic mass is 9.93. The molecule has 3 rings (SSSR count). The van der Waals surface area contributed by atoms with Crippen LogP contribution in [0.2, 0.25) is 0 Å². The van der Waals surface area contributed by atoms with E-state index in [4.69, 9.17) is 4.74 Å². The Balaban J connectivity index is 2.19. The van der Waals surface area contributed by atoms with E-state index in [1.54, 1.807) is 44.2 Å². The van der Waals surface area contributed by atoms with Gasteiger partial charge in [-0.05, 0) is 32.0 Å². The van der Waals surface area contributed by atoms with Crippen LogP contribution in [-0.4, -0.2) is 23.5 Å². The predicted octanol–water partition coefficient (Wildman–Crippen LogP) is 3.70. The third kappa shape index (κ3) is 3.44. The maximum atomic E-state index is 12.9. The molecule has 2 aromatic rings. The number of hydrogen-bond acceptors (Lipinski definition) is 5. The van der Waals surface area contributed by atoms with E-state index in [9.17, 15) is 19.7 Å². The van der Waals surface area contributed by atoms with Crippen LogP contribution in [0.5, 0.6) is 0 Å². The second-order valence-electron chi connectivity index (χ2n) is 6.09. The van der Waals surface area contributed by atoms with Crippen LogP contribution in [0.15, 0.2) is 65.9 Å². The van der Waals surface area contributed by atoms with Crippen LogP contribution < -0.4 is 10.2 Å². The number of rotatable bonds is 5. The molecule has 2 aromatic carbocycles. The van der Waals surface area contributed by atoms with Crippen LogP contribution in [0.25, 0.3) is 0 Å². The first-order chi connectivity index (χ1) is 13.5. The maximum Gasteiger partial charge on any atom is 0.338 e. The number of carbonyl (C=O) groups excluding carboxylic acids is 2. The summed E-state index contributed by atoms with van der Waals surface area (Å²) in [5.41, 5.74) is 1.11. The number of carbonyl (C=O) groups is 2. The summed E-state index contributed by atoms with van der Waals surface area (Å²) in [6.07, 6.45) is 0. The van der Waals surface area contributed by atoms with Crippen molar-refractivity contribution in [2.24, 2.45) is 0 Å². The third-order valence-electron chi connectivity index (χ3n) is 4.44. The number of hydrogen-bond donors (Lipinski definition) is 1. The lowest BCUT2D eigenvalue weighted by Gasteiger charge is -2.35. The molecular weight excluding hydrogens is 362 g/mol. The molecule has 8 heteroatoms. The molecule has 1 aliphatic heterocycles. The molecule has 1 unspecified atom stereocenters. The molecule has 1 heterocycles. The predicted molar refractivity (Wildman–Crippen MR) is 103 cm³/mol. The van der Waals surface area contributed by atoms with Gasteiger partial charge in [0.05, 0.1) is 34.4 Å². The van der Waals surface area contributed by atoms with Crippen molar-refractivity contribution < 1.29 is 19.2 Å². The first-order valence-electron chi connectivity index (χ1n) is 8.72. The first kappa shape index (κ1) is 19.1. The molecule has 0 spiro atoms. The molecule has 8 nitrogen and oxygen atoms in total. The van der Waals surface area contributed by atoms with Gasteiger partial charge in [0.1, 0.15) is 0 Å². The van der Waals surface area contributed by atoms with E-state index in [0.29, 0.717) is 11.4 Å². The molecule has 0 saturated carbocycles. The number of urea groups is 1. The van der Waals surface area contributed by atoms with Gasteiger partial charge in [-0.1, -0.05) is 30.3 Å². The molecule has 144 valence electrons. The Kier molecular flexibility index (Phi) is 5.39. The number of ether oxygens (including phenoxy) is 1. The Morgan fingerprint density at radius 3 is 2.46 bits per heavy atom. The Labute approximate surface area is 161 Å². The number of nitro groups is 1. The fourth-order valence-electron chi connectivity index (χ4n) is 3.24. The molecule has 1 N–H and O–H groups in total. The summed E-state index contributed by atoms with van der Waals surface area (Å²) in [6.45, 7) is 3.43. The molecule has 0 aromatic heterocycles. The van der Waals surface area contributed by atoms with E-state index in [1.807, 2.05) is 6.07 Å². The van der Waals surface area contributed by atoms with E-state index in [-0.39, 0.29) is 23.4 Å². The highest BCUT2D eigenvalue weighted by atomic mass is 16.6. The van der Waals surface area contributed by atoms with Crippen molar-refractivity contribution in [3.05, 3.63) is 81.5 Å². The molecule has 0 bridgehead atoms. The van der Waals surface area contributed by atoms with Crippen molar-refractivity contribution in [1.82, 2.24) is 5.32 Å². The lowest BCUT2D eigenvalue weighted by Crippen LogP contribution is -2.48. The molecular formula is C20H19N3O5. The minimum atomic E-state index is -0.992. The molecule has 1 atom stereocenters. The average Bonchev–Trinajstić information content (AvgIpc) is 2.68. The van der Waals surface area contributed by atoms with Gasteiger partial charge in [-0.3, -0.25) is 15.0 Å². The fourth-order valence-corrected chi connectivity index (χ4v) is 3.24. The number of benzene rings is 2. The zero-order chi connectivity index (χ0) is 20.3. The number of allylic oxidation sites excluding steroid dienone is 1. The molecule has 1 aliphatic rings. The van der Waals surface area contributed by atoms with Crippen LogP contribution in [0, 0.1) is 10.1 Å². The SMILES string of the molecule is CCOC(=O)C1=C(C)N(c2ccccc2)C(=O)NC1c1ccccc1[N+](=O)[O-]. The molecule has 0 aliphatic carbocycles. The summed E-state index contributed by atoms with van der Waals surface area (Å²) < 4.78 is 5.18. The van der Waals surface area contributed by atoms with Gasteiger partial charge in [0, 0.05) is 11.8 Å². The highest BCUT2D eigenvalue weighted by Gasteiger charge is 2.39. The second kappa shape index (κ2) is 7.91. The number of para-hydroxylation sites is 2. The normalized spacial score (nSPS) is 16.6. The van der Waals surface area contributed by atoms with Gasteiger partial charge >= 0.3 is 12.0 Å². The Hall–Kier alpha value is -3.68. The van der Waals surface area contributed by atoms with Crippen molar-refractivity contribution >= 4 is 23.4 Å². The standard InChI is InChI=1S/C20H19N3O5/c1-3-28-19(24)17-13(2)22(14-9-5-4-6-10-14)20(25)21-18(17)15-11-7-8-12-16(15)23(26)27/h4-12,18H,3H2,1-2H3,(H,21,25). The number of esters is 1. The van der Waals surface area contributed by atoms with Crippen LogP contribution in [-0.2, 0) is 9.53 Å².